The monoisotopic (exact) mass is 232 g/mol. The Bertz CT molecular complexity index is 450. The van der Waals surface area contributed by atoms with Crippen molar-refractivity contribution in [2.45, 2.75) is 38.5 Å². The number of amides is 1. The normalized spacial score (nSPS) is 14.6. The van der Waals surface area contributed by atoms with Crippen LogP contribution in [0.3, 0.4) is 0 Å². The van der Waals surface area contributed by atoms with E-state index < -0.39 is 5.41 Å². The lowest BCUT2D eigenvalue weighted by molar-refractivity contribution is -0.135. The van der Waals surface area contributed by atoms with Gasteiger partial charge in [-0.2, -0.15) is 0 Å². The van der Waals surface area contributed by atoms with Crippen molar-refractivity contribution in [2.75, 3.05) is 7.05 Å². The van der Waals surface area contributed by atoms with Crippen molar-refractivity contribution in [1.82, 2.24) is 5.01 Å². The maximum absolute atomic E-state index is 12.1. The Kier molecular flexibility index (Phi) is 2.96. The molecule has 0 spiro atoms. The van der Waals surface area contributed by atoms with Crippen LogP contribution in [0, 0.1) is 0 Å². The average Bonchev–Trinajstić information content (AvgIpc) is 2.74. The van der Waals surface area contributed by atoms with E-state index in [1.807, 2.05) is 13.8 Å². The molecular formula is C14H20N2O. The van der Waals surface area contributed by atoms with E-state index in [9.17, 15) is 4.79 Å². The molecule has 1 aromatic carbocycles. The minimum absolute atomic E-state index is 0.0598. The molecule has 0 heterocycles. The van der Waals surface area contributed by atoms with Crippen LogP contribution in [-0.4, -0.2) is 18.0 Å². The smallest absolute Gasteiger partial charge is 0.246 e. The standard InChI is InChI=1S/C14H20N2O/c1-14(2,13(17)16(3)15)12-8-7-10-5-4-6-11(10)9-12/h7-9H,4-6,15H2,1-3H3. The lowest BCUT2D eigenvalue weighted by atomic mass is 9.82. The first-order valence-electron chi connectivity index (χ1n) is 6.08. The van der Waals surface area contributed by atoms with Crippen molar-refractivity contribution in [3.05, 3.63) is 34.9 Å². The number of carbonyl (C=O) groups excluding carboxylic acids is 1. The summed E-state index contributed by atoms with van der Waals surface area (Å²) < 4.78 is 0. The highest BCUT2D eigenvalue weighted by Crippen LogP contribution is 2.30. The molecule has 1 aliphatic carbocycles. The highest BCUT2D eigenvalue weighted by Gasteiger charge is 2.32. The van der Waals surface area contributed by atoms with E-state index in [4.69, 9.17) is 5.84 Å². The van der Waals surface area contributed by atoms with E-state index in [2.05, 4.69) is 18.2 Å². The fourth-order valence-electron chi connectivity index (χ4n) is 2.52. The molecule has 0 atom stereocenters. The first kappa shape index (κ1) is 12.1. The molecule has 3 nitrogen and oxygen atoms in total. The second kappa shape index (κ2) is 4.15. The summed E-state index contributed by atoms with van der Waals surface area (Å²) in [6.45, 7) is 3.85. The molecule has 1 aromatic rings. The number of hydrazine groups is 1. The second-order valence-electron chi connectivity index (χ2n) is 5.38. The summed E-state index contributed by atoms with van der Waals surface area (Å²) in [5.41, 5.74) is 3.32. The van der Waals surface area contributed by atoms with E-state index in [0.29, 0.717) is 0 Å². The Morgan fingerprint density at radius 3 is 2.59 bits per heavy atom. The SMILES string of the molecule is CN(N)C(=O)C(C)(C)c1ccc2c(c1)CCC2. The number of aryl methyl sites for hydroxylation is 2. The van der Waals surface area contributed by atoms with Crippen LogP contribution in [0.4, 0.5) is 0 Å². The van der Waals surface area contributed by atoms with Gasteiger partial charge in [-0.05, 0) is 49.8 Å². The van der Waals surface area contributed by atoms with Gasteiger partial charge >= 0.3 is 0 Å². The van der Waals surface area contributed by atoms with Gasteiger partial charge in [0.15, 0.2) is 0 Å². The highest BCUT2D eigenvalue weighted by atomic mass is 16.2. The number of nitrogens with zero attached hydrogens (tertiary/aromatic N) is 1. The molecule has 3 heteroatoms. The Morgan fingerprint density at radius 1 is 1.29 bits per heavy atom. The van der Waals surface area contributed by atoms with Gasteiger partial charge in [0.2, 0.25) is 5.91 Å². The molecule has 0 unspecified atom stereocenters. The van der Waals surface area contributed by atoms with Crippen LogP contribution in [0.1, 0.15) is 37.0 Å². The largest absolute Gasteiger partial charge is 0.283 e. The van der Waals surface area contributed by atoms with Crippen LogP contribution in [0.2, 0.25) is 0 Å². The summed E-state index contributed by atoms with van der Waals surface area (Å²) in [5.74, 6) is 5.50. The first-order chi connectivity index (χ1) is 7.93. The number of carbonyl (C=O) groups is 1. The summed E-state index contributed by atoms with van der Waals surface area (Å²) in [4.78, 5) is 12.1. The first-order valence-corrected chi connectivity index (χ1v) is 6.08. The minimum atomic E-state index is -0.554. The number of benzene rings is 1. The Morgan fingerprint density at radius 2 is 1.94 bits per heavy atom. The van der Waals surface area contributed by atoms with Gasteiger partial charge in [0, 0.05) is 7.05 Å². The van der Waals surface area contributed by atoms with Gasteiger partial charge in [-0.3, -0.25) is 9.80 Å². The predicted octanol–water partition coefficient (Wildman–Crippen LogP) is 1.79. The maximum Gasteiger partial charge on any atom is 0.246 e. The number of fused-ring (bicyclic) bond motifs is 1. The molecule has 1 amide bonds. The van der Waals surface area contributed by atoms with Crippen LogP contribution in [0.5, 0.6) is 0 Å². The molecule has 0 radical (unpaired) electrons. The summed E-state index contributed by atoms with van der Waals surface area (Å²) >= 11 is 0. The molecule has 0 aliphatic heterocycles. The second-order valence-corrected chi connectivity index (χ2v) is 5.38. The van der Waals surface area contributed by atoms with Gasteiger partial charge in [0.05, 0.1) is 5.41 Å². The van der Waals surface area contributed by atoms with Gasteiger partial charge in [0.25, 0.3) is 0 Å². The number of hydrogen-bond donors (Lipinski definition) is 1. The summed E-state index contributed by atoms with van der Waals surface area (Å²) in [7, 11) is 1.59. The third-order valence-electron chi connectivity index (χ3n) is 3.68. The van der Waals surface area contributed by atoms with Gasteiger partial charge in [-0.1, -0.05) is 18.2 Å². The van der Waals surface area contributed by atoms with Gasteiger partial charge in [-0.15, -0.1) is 0 Å². The molecule has 0 aromatic heterocycles. The van der Waals surface area contributed by atoms with Crippen molar-refractivity contribution in [1.29, 1.82) is 0 Å². The fourth-order valence-corrected chi connectivity index (χ4v) is 2.52. The average molecular weight is 232 g/mol. The van der Waals surface area contributed by atoms with E-state index in [0.717, 1.165) is 12.0 Å². The lowest BCUT2D eigenvalue weighted by Crippen LogP contribution is -2.45. The Balaban J connectivity index is 2.37. The third kappa shape index (κ3) is 2.07. The summed E-state index contributed by atoms with van der Waals surface area (Å²) in [6, 6.07) is 6.39. The molecule has 1 aliphatic rings. The Labute approximate surface area is 103 Å². The zero-order valence-electron chi connectivity index (χ0n) is 10.8. The van der Waals surface area contributed by atoms with Crippen LogP contribution in [0.15, 0.2) is 18.2 Å². The maximum atomic E-state index is 12.1. The lowest BCUT2D eigenvalue weighted by Gasteiger charge is -2.27. The van der Waals surface area contributed by atoms with Crippen molar-refractivity contribution in [2.24, 2.45) is 5.84 Å². The zero-order chi connectivity index (χ0) is 12.6. The van der Waals surface area contributed by atoms with Crippen LogP contribution in [-0.2, 0) is 23.1 Å². The molecule has 0 fully saturated rings. The topological polar surface area (TPSA) is 46.3 Å². The van der Waals surface area contributed by atoms with Gasteiger partial charge < -0.3 is 0 Å². The van der Waals surface area contributed by atoms with E-state index in [1.54, 1.807) is 7.05 Å². The molecule has 2 N–H and O–H groups in total. The predicted molar refractivity (Wildman–Crippen MR) is 68.5 cm³/mol. The van der Waals surface area contributed by atoms with Gasteiger partial charge in [0.1, 0.15) is 0 Å². The number of hydrogen-bond acceptors (Lipinski definition) is 2. The molecule has 0 saturated carbocycles. The molecule has 0 saturated heterocycles. The Hall–Kier alpha value is -1.35. The highest BCUT2D eigenvalue weighted by molar-refractivity contribution is 5.86. The van der Waals surface area contributed by atoms with Crippen molar-refractivity contribution >= 4 is 5.91 Å². The van der Waals surface area contributed by atoms with Crippen LogP contribution >= 0.6 is 0 Å². The molecule has 17 heavy (non-hydrogen) atoms. The molecule has 92 valence electrons. The fraction of sp³-hybridized carbons (Fsp3) is 0.500. The quantitative estimate of drug-likeness (QED) is 0.480. The number of likely N-dealkylation sites (N-methyl/N-ethyl adjacent to an activating group) is 1. The number of rotatable bonds is 2. The van der Waals surface area contributed by atoms with Crippen molar-refractivity contribution in [3.63, 3.8) is 0 Å². The van der Waals surface area contributed by atoms with Crippen molar-refractivity contribution in [3.8, 4) is 0 Å². The zero-order valence-corrected chi connectivity index (χ0v) is 10.8. The molecular weight excluding hydrogens is 212 g/mol. The molecule has 2 rings (SSSR count). The van der Waals surface area contributed by atoms with Crippen molar-refractivity contribution < 1.29 is 4.79 Å². The van der Waals surface area contributed by atoms with E-state index >= 15 is 0 Å². The number of nitrogens with two attached hydrogens (primary N) is 1. The van der Waals surface area contributed by atoms with Gasteiger partial charge in [-0.25, -0.2) is 5.84 Å². The van der Waals surface area contributed by atoms with E-state index in [-0.39, 0.29) is 5.91 Å². The van der Waals surface area contributed by atoms with Crippen LogP contribution < -0.4 is 5.84 Å². The summed E-state index contributed by atoms with van der Waals surface area (Å²) in [6.07, 6.45) is 3.52. The minimum Gasteiger partial charge on any atom is -0.283 e. The molecule has 0 bridgehead atoms. The van der Waals surface area contributed by atoms with E-state index in [1.165, 1.54) is 29.0 Å². The third-order valence-corrected chi connectivity index (χ3v) is 3.68. The van der Waals surface area contributed by atoms with Crippen LogP contribution in [0.25, 0.3) is 0 Å². The summed E-state index contributed by atoms with van der Waals surface area (Å²) in [5, 5.41) is 1.17.